The molecule has 1 aromatic heterocycles. The van der Waals surface area contributed by atoms with Crippen LogP contribution in [0.4, 0.5) is 0 Å². The van der Waals surface area contributed by atoms with Crippen molar-refractivity contribution in [3.8, 4) is 0 Å². The molecular weight excluding hydrogens is 326 g/mol. The Morgan fingerprint density at radius 3 is 2.15 bits per heavy atom. The second-order valence-corrected chi connectivity index (χ2v) is 6.44. The molecule has 0 bridgehead atoms. The molecule has 0 N–H and O–H groups in total. The van der Waals surface area contributed by atoms with Crippen molar-refractivity contribution < 1.29 is 4.79 Å². The quantitative estimate of drug-likeness (QED) is 0.692. The molecule has 0 unspecified atom stereocenters. The highest BCUT2D eigenvalue weighted by atomic mass is 16.2. The highest BCUT2D eigenvalue weighted by Gasteiger charge is 2.18. The number of carbonyl (C=O) groups excluding carboxylic acids is 1. The molecule has 5 heteroatoms. The van der Waals surface area contributed by atoms with Gasteiger partial charge in [-0.15, -0.1) is 0 Å². The van der Waals surface area contributed by atoms with Crippen molar-refractivity contribution >= 4 is 16.7 Å². The molecule has 0 spiro atoms. The molecule has 26 heavy (non-hydrogen) atoms. The van der Waals surface area contributed by atoms with E-state index in [0.29, 0.717) is 30.6 Å². The van der Waals surface area contributed by atoms with E-state index in [1.807, 2.05) is 38.1 Å². The smallest absolute Gasteiger partial charge is 0.258 e. The maximum Gasteiger partial charge on any atom is 0.258 e. The molecule has 0 aliphatic rings. The van der Waals surface area contributed by atoms with Gasteiger partial charge in [-0.2, -0.15) is 0 Å². The molecule has 5 nitrogen and oxygen atoms in total. The van der Waals surface area contributed by atoms with E-state index in [9.17, 15) is 9.59 Å². The number of amides is 1. The molecule has 142 valence electrons. The first-order valence-corrected chi connectivity index (χ1v) is 9.71. The van der Waals surface area contributed by atoms with Gasteiger partial charge >= 0.3 is 0 Å². The summed E-state index contributed by atoms with van der Waals surface area (Å²) in [5, 5.41) is 1.36. The van der Waals surface area contributed by atoms with Crippen molar-refractivity contribution in [3.63, 3.8) is 0 Å². The molecule has 1 amide bonds. The zero-order chi connectivity index (χ0) is 19.1. The van der Waals surface area contributed by atoms with E-state index >= 15 is 0 Å². The number of aromatic nitrogens is 1. The first-order chi connectivity index (χ1) is 12.6. The Morgan fingerprint density at radius 2 is 1.58 bits per heavy atom. The third-order valence-electron chi connectivity index (χ3n) is 5.04. The monoisotopic (exact) mass is 357 g/mol. The van der Waals surface area contributed by atoms with E-state index in [2.05, 4.69) is 18.7 Å². The minimum atomic E-state index is -0.0174. The lowest BCUT2D eigenvalue weighted by Crippen LogP contribution is -2.32. The molecule has 0 aliphatic heterocycles. The molecule has 2 aromatic rings. The van der Waals surface area contributed by atoms with E-state index in [1.165, 1.54) is 0 Å². The van der Waals surface area contributed by atoms with Crippen LogP contribution in [0.2, 0.25) is 0 Å². The minimum Gasteiger partial charge on any atom is -0.339 e. The van der Waals surface area contributed by atoms with Gasteiger partial charge in [0, 0.05) is 36.6 Å². The second-order valence-electron chi connectivity index (χ2n) is 6.44. The van der Waals surface area contributed by atoms with Gasteiger partial charge in [-0.1, -0.05) is 32.0 Å². The molecule has 0 atom stereocenters. The number of benzene rings is 1. The van der Waals surface area contributed by atoms with Crippen LogP contribution < -0.4 is 5.56 Å². The number of rotatable bonds is 9. The van der Waals surface area contributed by atoms with Gasteiger partial charge in [0.25, 0.3) is 11.5 Å². The van der Waals surface area contributed by atoms with Gasteiger partial charge in [-0.3, -0.25) is 9.59 Å². The van der Waals surface area contributed by atoms with Gasteiger partial charge < -0.3 is 14.4 Å². The zero-order valence-electron chi connectivity index (χ0n) is 16.5. The highest BCUT2D eigenvalue weighted by Crippen LogP contribution is 2.17. The van der Waals surface area contributed by atoms with Gasteiger partial charge in [-0.05, 0) is 46.0 Å². The number of hydrogen-bond donors (Lipinski definition) is 0. The predicted molar refractivity (Wildman–Crippen MR) is 108 cm³/mol. The Labute approximate surface area is 156 Å². The Bertz CT molecular complexity index is 789. The fraction of sp³-hybridized carbons (Fsp3) is 0.524. The summed E-state index contributed by atoms with van der Waals surface area (Å²) < 4.78 is 1.71. The molecule has 1 aromatic carbocycles. The topological polar surface area (TPSA) is 45.6 Å². The van der Waals surface area contributed by atoms with Crippen molar-refractivity contribution in [3.05, 3.63) is 46.4 Å². The van der Waals surface area contributed by atoms with Crippen molar-refractivity contribution in [2.75, 3.05) is 32.7 Å². The highest BCUT2D eigenvalue weighted by molar-refractivity contribution is 6.06. The SMILES string of the molecule is CCN(CC)CCCn1cc(C(=O)N(CC)CC)c2ccccc2c1=O. The summed E-state index contributed by atoms with van der Waals surface area (Å²) in [5.41, 5.74) is 0.600. The maximum atomic E-state index is 13.0. The maximum absolute atomic E-state index is 13.0. The molecule has 1 heterocycles. The summed E-state index contributed by atoms with van der Waals surface area (Å²) in [6, 6.07) is 7.42. The lowest BCUT2D eigenvalue weighted by atomic mass is 10.1. The third-order valence-corrected chi connectivity index (χ3v) is 5.04. The first-order valence-electron chi connectivity index (χ1n) is 9.71. The number of hydrogen-bond acceptors (Lipinski definition) is 3. The van der Waals surface area contributed by atoms with E-state index in [-0.39, 0.29) is 11.5 Å². The van der Waals surface area contributed by atoms with Gasteiger partial charge in [-0.25, -0.2) is 0 Å². The number of pyridine rings is 1. The van der Waals surface area contributed by atoms with Crippen LogP contribution in [0.3, 0.4) is 0 Å². The molecule has 2 rings (SSSR count). The second kappa shape index (κ2) is 9.53. The average Bonchev–Trinajstić information content (AvgIpc) is 2.67. The molecule has 0 saturated carbocycles. The van der Waals surface area contributed by atoms with Crippen LogP contribution in [0.5, 0.6) is 0 Å². The molecule has 0 aliphatic carbocycles. The van der Waals surface area contributed by atoms with Gasteiger partial charge in [0.1, 0.15) is 0 Å². The van der Waals surface area contributed by atoms with Crippen LogP contribution in [0, 0.1) is 0 Å². The number of nitrogens with zero attached hydrogens (tertiary/aromatic N) is 3. The van der Waals surface area contributed by atoms with Gasteiger partial charge in [0.2, 0.25) is 0 Å². The summed E-state index contributed by atoms with van der Waals surface area (Å²) in [4.78, 5) is 30.0. The van der Waals surface area contributed by atoms with Crippen LogP contribution in [0.15, 0.2) is 35.3 Å². The van der Waals surface area contributed by atoms with Crippen molar-refractivity contribution in [1.82, 2.24) is 14.4 Å². The Hall–Kier alpha value is -2.14. The third kappa shape index (κ3) is 4.33. The molecular formula is C21H31N3O2. The van der Waals surface area contributed by atoms with Crippen LogP contribution in [-0.4, -0.2) is 53.0 Å². The fourth-order valence-electron chi connectivity index (χ4n) is 3.37. The standard InChI is InChI=1S/C21H31N3O2/c1-5-22(6-2)14-11-15-24-16-19(21(26)23(7-3)8-4)17-12-9-10-13-18(17)20(24)25/h9-10,12-13,16H,5-8,11,14-15H2,1-4H3. The summed E-state index contributed by atoms with van der Waals surface area (Å²) >= 11 is 0. The molecule has 0 saturated heterocycles. The summed E-state index contributed by atoms with van der Waals surface area (Å²) in [7, 11) is 0. The van der Waals surface area contributed by atoms with Gasteiger partial charge in [0.05, 0.1) is 5.56 Å². The molecule has 0 radical (unpaired) electrons. The number of fused-ring (bicyclic) bond motifs is 1. The van der Waals surface area contributed by atoms with Crippen LogP contribution in [0.25, 0.3) is 10.8 Å². The van der Waals surface area contributed by atoms with Gasteiger partial charge in [0.15, 0.2) is 0 Å². The predicted octanol–water partition coefficient (Wildman–Crippen LogP) is 3.22. The van der Waals surface area contributed by atoms with Crippen LogP contribution >= 0.6 is 0 Å². The minimum absolute atomic E-state index is 0.0105. The lowest BCUT2D eigenvalue weighted by molar-refractivity contribution is 0.0774. The Kier molecular flexibility index (Phi) is 7.39. The Morgan fingerprint density at radius 1 is 0.962 bits per heavy atom. The number of aryl methyl sites for hydroxylation is 1. The van der Waals surface area contributed by atoms with E-state index in [1.54, 1.807) is 15.7 Å². The van der Waals surface area contributed by atoms with Crippen LogP contribution in [-0.2, 0) is 6.54 Å². The summed E-state index contributed by atoms with van der Waals surface area (Å²) in [6.07, 6.45) is 2.65. The van der Waals surface area contributed by atoms with E-state index in [4.69, 9.17) is 0 Å². The first kappa shape index (κ1) is 20.2. The largest absolute Gasteiger partial charge is 0.339 e. The van der Waals surface area contributed by atoms with E-state index < -0.39 is 0 Å². The zero-order valence-corrected chi connectivity index (χ0v) is 16.5. The van der Waals surface area contributed by atoms with Crippen molar-refractivity contribution in [2.24, 2.45) is 0 Å². The summed E-state index contributed by atoms with van der Waals surface area (Å²) in [6.45, 7) is 13.1. The summed E-state index contributed by atoms with van der Waals surface area (Å²) in [5.74, 6) is -0.0105. The molecule has 0 fully saturated rings. The van der Waals surface area contributed by atoms with Crippen molar-refractivity contribution in [2.45, 2.75) is 40.7 Å². The average molecular weight is 357 g/mol. The normalized spacial score (nSPS) is 11.3. The number of carbonyl (C=O) groups is 1. The fourth-order valence-corrected chi connectivity index (χ4v) is 3.37. The van der Waals surface area contributed by atoms with Crippen LogP contribution in [0.1, 0.15) is 44.5 Å². The van der Waals surface area contributed by atoms with Crippen molar-refractivity contribution in [1.29, 1.82) is 0 Å². The van der Waals surface area contributed by atoms with E-state index in [0.717, 1.165) is 31.4 Å². The lowest BCUT2D eigenvalue weighted by Gasteiger charge is -2.21. The Balaban J connectivity index is 2.40.